The van der Waals surface area contributed by atoms with Crippen LogP contribution in [-0.4, -0.2) is 55.2 Å². The predicted molar refractivity (Wildman–Crippen MR) is 99.7 cm³/mol. The maximum absolute atomic E-state index is 13.6. The van der Waals surface area contributed by atoms with E-state index in [9.17, 15) is 17.9 Å². The van der Waals surface area contributed by atoms with E-state index in [1.54, 1.807) is 23.5 Å². The fourth-order valence-corrected chi connectivity index (χ4v) is 5.57. The first-order valence-electron chi connectivity index (χ1n) is 8.45. The van der Waals surface area contributed by atoms with Gasteiger partial charge < -0.3 is 9.84 Å². The molecule has 0 aliphatic carbocycles. The molecule has 2 aromatic rings. The molecule has 142 valence electrons. The highest BCUT2D eigenvalue weighted by atomic mass is 32.2. The fraction of sp³-hybridized carbons (Fsp3) is 0.444. The minimum atomic E-state index is -3.02. The Morgan fingerprint density at radius 2 is 2.12 bits per heavy atom. The van der Waals surface area contributed by atoms with Gasteiger partial charge in [0.2, 0.25) is 0 Å². The smallest absolute Gasteiger partial charge is 0.165 e. The summed E-state index contributed by atoms with van der Waals surface area (Å²) in [7, 11) is -3.02. The number of rotatable bonds is 8. The van der Waals surface area contributed by atoms with E-state index >= 15 is 0 Å². The standard InChI is InChI=1S/C18H22FNO4S2/c19-17-5-1-2-6-18(17)24-12-15(21)10-20(11-16-4-3-8-25-16)14-7-9-26(22,23)13-14/h1-6,8,14-15,21H,7,9-13H2. The van der Waals surface area contributed by atoms with E-state index in [0.29, 0.717) is 13.0 Å². The van der Waals surface area contributed by atoms with E-state index < -0.39 is 21.8 Å². The van der Waals surface area contributed by atoms with Crippen molar-refractivity contribution in [3.8, 4) is 5.75 Å². The van der Waals surface area contributed by atoms with E-state index in [0.717, 1.165) is 4.88 Å². The maximum Gasteiger partial charge on any atom is 0.165 e. The largest absolute Gasteiger partial charge is 0.488 e. The average molecular weight is 400 g/mol. The highest BCUT2D eigenvalue weighted by molar-refractivity contribution is 7.91. The van der Waals surface area contributed by atoms with Crippen LogP contribution in [-0.2, 0) is 16.4 Å². The molecule has 1 aromatic carbocycles. The van der Waals surface area contributed by atoms with Gasteiger partial charge in [-0.05, 0) is 30.0 Å². The molecule has 0 radical (unpaired) electrons. The number of para-hydroxylation sites is 1. The SMILES string of the molecule is O=S1(=O)CCC(N(Cc2cccs2)CC(O)COc2ccccc2F)C1. The van der Waals surface area contributed by atoms with E-state index in [1.165, 1.54) is 12.1 Å². The van der Waals surface area contributed by atoms with E-state index in [1.807, 2.05) is 22.4 Å². The van der Waals surface area contributed by atoms with Crippen LogP contribution in [0.15, 0.2) is 41.8 Å². The zero-order valence-corrected chi connectivity index (χ0v) is 15.9. The number of nitrogens with zero attached hydrogens (tertiary/aromatic N) is 1. The van der Waals surface area contributed by atoms with Crippen molar-refractivity contribution in [1.82, 2.24) is 4.90 Å². The van der Waals surface area contributed by atoms with Gasteiger partial charge in [0.05, 0.1) is 11.5 Å². The fourth-order valence-electron chi connectivity index (χ4n) is 3.08. The van der Waals surface area contributed by atoms with Gasteiger partial charge in [-0.2, -0.15) is 0 Å². The van der Waals surface area contributed by atoms with Crippen molar-refractivity contribution in [3.05, 3.63) is 52.5 Å². The first-order valence-corrected chi connectivity index (χ1v) is 11.2. The van der Waals surface area contributed by atoms with Crippen molar-refractivity contribution in [3.63, 3.8) is 0 Å². The highest BCUT2D eigenvalue weighted by Crippen LogP contribution is 2.22. The summed E-state index contributed by atoms with van der Waals surface area (Å²) in [6.07, 6.45) is -0.285. The van der Waals surface area contributed by atoms with Gasteiger partial charge >= 0.3 is 0 Å². The molecule has 0 spiro atoms. The molecule has 1 N–H and O–H groups in total. The third-order valence-corrected chi connectivity index (χ3v) is 6.99. The van der Waals surface area contributed by atoms with Crippen LogP contribution in [0.5, 0.6) is 5.75 Å². The molecule has 1 fully saturated rings. The number of hydrogen-bond donors (Lipinski definition) is 1. The monoisotopic (exact) mass is 399 g/mol. The zero-order chi connectivity index (χ0) is 18.6. The van der Waals surface area contributed by atoms with Gasteiger partial charge in [0.25, 0.3) is 0 Å². The van der Waals surface area contributed by atoms with E-state index in [4.69, 9.17) is 4.74 Å². The molecule has 1 aliphatic heterocycles. The normalized spacial score (nSPS) is 20.3. The Bertz CT molecular complexity index is 810. The molecule has 1 saturated heterocycles. The molecule has 0 bridgehead atoms. The second kappa shape index (κ2) is 8.47. The van der Waals surface area contributed by atoms with Crippen LogP contribution < -0.4 is 4.74 Å². The second-order valence-corrected chi connectivity index (χ2v) is 9.72. The molecule has 3 rings (SSSR count). The van der Waals surface area contributed by atoms with Crippen LogP contribution in [0.2, 0.25) is 0 Å². The van der Waals surface area contributed by atoms with Crippen molar-refractivity contribution < 1.29 is 22.7 Å². The lowest BCUT2D eigenvalue weighted by molar-refractivity contribution is 0.0518. The molecule has 5 nitrogen and oxygen atoms in total. The Morgan fingerprint density at radius 1 is 1.31 bits per heavy atom. The van der Waals surface area contributed by atoms with Crippen molar-refractivity contribution >= 4 is 21.2 Å². The Balaban J connectivity index is 1.62. The molecule has 2 atom stereocenters. The van der Waals surface area contributed by atoms with Gasteiger partial charge in [-0.15, -0.1) is 11.3 Å². The van der Waals surface area contributed by atoms with E-state index in [-0.39, 0.29) is 36.4 Å². The number of aliphatic hydroxyl groups excluding tert-OH is 1. The van der Waals surface area contributed by atoms with Crippen LogP contribution in [0.3, 0.4) is 0 Å². The number of hydrogen-bond acceptors (Lipinski definition) is 6. The van der Waals surface area contributed by atoms with Crippen molar-refractivity contribution in [2.24, 2.45) is 0 Å². The lowest BCUT2D eigenvalue weighted by atomic mass is 10.2. The first-order chi connectivity index (χ1) is 12.4. The highest BCUT2D eigenvalue weighted by Gasteiger charge is 2.33. The molecular weight excluding hydrogens is 377 g/mol. The second-order valence-electron chi connectivity index (χ2n) is 6.46. The summed E-state index contributed by atoms with van der Waals surface area (Å²) in [6.45, 7) is 0.794. The zero-order valence-electron chi connectivity index (χ0n) is 14.3. The topological polar surface area (TPSA) is 66.8 Å². The summed E-state index contributed by atoms with van der Waals surface area (Å²) >= 11 is 1.60. The lowest BCUT2D eigenvalue weighted by Gasteiger charge is -2.29. The summed E-state index contributed by atoms with van der Waals surface area (Å²) in [5, 5.41) is 12.3. The minimum absolute atomic E-state index is 0.0542. The molecule has 1 aromatic heterocycles. The van der Waals surface area contributed by atoms with E-state index in [2.05, 4.69) is 0 Å². The van der Waals surface area contributed by atoms with Crippen LogP contribution in [0.1, 0.15) is 11.3 Å². The molecule has 2 heterocycles. The predicted octanol–water partition coefficient (Wildman–Crippen LogP) is 2.32. The Morgan fingerprint density at radius 3 is 2.77 bits per heavy atom. The van der Waals surface area contributed by atoms with Crippen molar-refractivity contribution in [2.75, 3.05) is 24.7 Å². The van der Waals surface area contributed by atoms with Crippen LogP contribution in [0, 0.1) is 5.82 Å². The van der Waals surface area contributed by atoms with Gasteiger partial charge in [0, 0.05) is 24.0 Å². The van der Waals surface area contributed by atoms with Gasteiger partial charge in [-0.25, -0.2) is 12.8 Å². The Kier molecular flexibility index (Phi) is 6.29. The number of sulfone groups is 1. The summed E-state index contributed by atoms with van der Waals surface area (Å²) in [5.41, 5.74) is 0. The minimum Gasteiger partial charge on any atom is -0.488 e. The Labute approximate surface area is 157 Å². The third-order valence-electron chi connectivity index (χ3n) is 4.38. The molecule has 1 aliphatic rings. The summed E-state index contributed by atoms with van der Waals surface area (Å²) < 4.78 is 42.6. The number of aliphatic hydroxyl groups is 1. The summed E-state index contributed by atoms with van der Waals surface area (Å²) in [6, 6.07) is 9.86. The quantitative estimate of drug-likeness (QED) is 0.738. The molecule has 0 saturated carbocycles. The summed E-state index contributed by atoms with van der Waals surface area (Å²) in [5.74, 6) is -0.0866. The van der Waals surface area contributed by atoms with Crippen molar-refractivity contribution in [2.45, 2.75) is 25.1 Å². The van der Waals surface area contributed by atoms with Gasteiger partial charge in [0.15, 0.2) is 21.4 Å². The number of halogens is 1. The third kappa shape index (κ3) is 5.26. The molecular formula is C18H22FNO4S2. The number of thiophene rings is 1. The van der Waals surface area contributed by atoms with Gasteiger partial charge in [-0.3, -0.25) is 4.90 Å². The van der Waals surface area contributed by atoms with Gasteiger partial charge in [0.1, 0.15) is 12.7 Å². The summed E-state index contributed by atoms with van der Waals surface area (Å²) in [4.78, 5) is 3.10. The van der Waals surface area contributed by atoms with Crippen molar-refractivity contribution in [1.29, 1.82) is 0 Å². The van der Waals surface area contributed by atoms with Gasteiger partial charge in [-0.1, -0.05) is 18.2 Å². The van der Waals surface area contributed by atoms with Crippen LogP contribution in [0.4, 0.5) is 4.39 Å². The lowest BCUT2D eigenvalue weighted by Crippen LogP contribution is -2.42. The number of ether oxygens (including phenoxy) is 1. The molecule has 2 unspecified atom stereocenters. The first kappa shape index (κ1) is 19.3. The van der Waals surface area contributed by atoms with Crippen LogP contribution in [0.25, 0.3) is 0 Å². The Hall–Kier alpha value is -1.48. The number of benzene rings is 1. The molecule has 0 amide bonds. The maximum atomic E-state index is 13.6. The molecule has 26 heavy (non-hydrogen) atoms. The van der Waals surface area contributed by atoms with Crippen LogP contribution >= 0.6 is 11.3 Å². The average Bonchev–Trinajstić information content (AvgIpc) is 3.23. The molecule has 8 heteroatoms.